The van der Waals surface area contributed by atoms with E-state index in [0.29, 0.717) is 5.02 Å². The van der Waals surface area contributed by atoms with E-state index in [2.05, 4.69) is 20.7 Å². The summed E-state index contributed by atoms with van der Waals surface area (Å²) in [4.78, 5) is 0.243. The maximum atomic E-state index is 12.0. The molecule has 17 heavy (non-hydrogen) atoms. The van der Waals surface area contributed by atoms with Crippen LogP contribution in [0.25, 0.3) is 0 Å². The minimum absolute atomic E-state index is 0.0757. The highest BCUT2D eigenvalue weighted by molar-refractivity contribution is 9.09. The van der Waals surface area contributed by atoms with E-state index >= 15 is 0 Å². The third-order valence-corrected chi connectivity index (χ3v) is 4.67. The molecule has 0 spiro atoms. The second-order valence-electron chi connectivity index (χ2n) is 3.81. The Hall–Kier alpha value is -0.100. The molecule has 0 bridgehead atoms. The van der Waals surface area contributed by atoms with E-state index in [0.717, 1.165) is 18.2 Å². The van der Waals surface area contributed by atoms with Gasteiger partial charge in [-0.3, -0.25) is 0 Å². The van der Waals surface area contributed by atoms with E-state index in [4.69, 9.17) is 11.6 Å². The quantitative estimate of drug-likeness (QED) is 0.808. The minimum atomic E-state index is -3.43. The fraction of sp³-hybridized carbons (Fsp3) is 0.455. The molecular formula is C11H15BrClNO2S. The predicted molar refractivity (Wildman–Crippen MR) is 74.3 cm³/mol. The van der Waals surface area contributed by atoms with Crippen LogP contribution < -0.4 is 4.72 Å². The lowest BCUT2D eigenvalue weighted by Crippen LogP contribution is -2.32. The monoisotopic (exact) mass is 339 g/mol. The normalized spacial score (nSPS) is 13.6. The molecule has 0 saturated heterocycles. The highest BCUT2D eigenvalue weighted by atomic mass is 79.9. The van der Waals surface area contributed by atoms with Crippen LogP contribution in [-0.2, 0) is 10.0 Å². The Morgan fingerprint density at radius 1 is 1.35 bits per heavy atom. The molecular weight excluding hydrogens is 326 g/mol. The molecule has 1 atom stereocenters. The van der Waals surface area contributed by atoms with Gasteiger partial charge in [-0.05, 0) is 44.0 Å². The zero-order valence-corrected chi connectivity index (χ0v) is 12.6. The zero-order valence-electron chi connectivity index (χ0n) is 9.49. The first-order chi connectivity index (χ1) is 7.95. The van der Waals surface area contributed by atoms with E-state index in [1.165, 1.54) is 12.1 Å². The largest absolute Gasteiger partial charge is 0.240 e. The topological polar surface area (TPSA) is 46.2 Å². The van der Waals surface area contributed by atoms with Crippen molar-refractivity contribution in [2.75, 3.05) is 5.33 Å². The lowest BCUT2D eigenvalue weighted by Gasteiger charge is -2.13. The molecule has 0 heterocycles. The van der Waals surface area contributed by atoms with Crippen molar-refractivity contribution in [2.24, 2.45) is 0 Å². The first-order valence-electron chi connectivity index (χ1n) is 5.29. The third kappa shape index (κ3) is 4.95. The Bertz CT molecular complexity index is 447. The van der Waals surface area contributed by atoms with Crippen molar-refractivity contribution in [2.45, 2.75) is 30.7 Å². The first kappa shape index (κ1) is 15.0. The van der Waals surface area contributed by atoms with E-state index in [1.807, 2.05) is 6.92 Å². The summed E-state index contributed by atoms with van der Waals surface area (Å²) in [6.07, 6.45) is 1.74. The van der Waals surface area contributed by atoms with Crippen LogP contribution in [0.5, 0.6) is 0 Å². The molecule has 1 aromatic rings. The molecule has 6 heteroatoms. The molecule has 0 aliphatic heterocycles. The van der Waals surface area contributed by atoms with Crippen molar-refractivity contribution in [3.8, 4) is 0 Å². The predicted octanol–water partition coefficient (Wildman–Crippen LogP) is 3.18. The Morgan fingerprint density at radius 3 is 2.47 bits per heavy atom. The molecule has 1 rings (SSSR count). The molecule has 1 unspecified atom stereocenters. The summed E-state index contributed by atoms with van der Waals surface area (Å²) in [5, 5.41) is 1.40. The average Bonchev–Trinajstić information content (AvgIpc) is 2.26. The smallest absolute Gasteiger partial charge is 0.208 e. The number of sulfonamides is 1. The van der Waals surface area contributed by atoms with E-state index in [-0.39, 0.29) is 10.9 Å². The molecule has 1 N–H and O–H groups in total. The van der Waals surface area contributed by atoms with Crippen LogP contribution in [0.2, 0.25) is 5.02 Å². The summed E-state index contributed by atoms with van der Waals surface area (Å²) < 4.78 is 26.5. The third-order valence-electron chi connectivity index (χ3n) is 2.25. The van der Waals surface area contributed by atoms with Gasteiger partial charge in [0.25, 0.3) is 0 Å². The van der Waals surface area contributed by atoms with Crippen molar-refractivity contribution in [1.29, 1.82) is 0 Å². The minimum Gasteiger partial charge on any atom is -0.208 e. The molecule has 0 aromatic heterocycles. The second-order valence-corrected chi connectivity index (χ2v) is 6.75. The van der Waals surface area contributed by atoms with E-state index in [9.17, 15) is 8.42 Å². The summed E-state index contributed by atoms with van der Waals surface area (Å²) in [5.74, 6) is 0. The molecule has 0 saturated carbocycles. The number of hydrogen-bond acceptors (Lipinski definition) is 2. The van der Waals surface area contributed by atoms with E-state index in [1.54, 1.807) is 12.1 Å². The van der Waals surface area contributed by atoms with Gasteiger partial charge in [-0.2, -0.15) is 0 Å². The number of hydrogen-bond donors (Lipinski definition) is 1. The maximum Gasteiger partial charge on any atom is 0.240 e. The van der Waals surface area contributed by atoms with Gasteiger partial charge in [-0.25, -0.2) is 13.1 Å². The number of benzene rings is 1. The summed E-state index contributed by atoms with van der Waals surface area (Å²) in [6, 6.07) is 6.07. The van der Waals surface area contributed by atoms with Gasteiger partial charge in [0.15, 0.2) is 0 Å². The molecule has 96 valence electrons. The standard InChI is InChI=1S/C11H15BrClNO2S/c1-9(3-2-8-12)14-17(15,16)11-6-4-10(13)5-7-11/h4-7,9,14H,2-3,8H2,1H3. The molecule has 0 radical (unpaired) electrons. The lowest BCUT2D eigenvalue weighted by molar-refractivity contribution is 0.545. The second kappa shape index (κ2) is 6.73. The highest BCUT2D eigenvalue weighted by Crippen LogP contribution is 2.14. The number of nitrogens with one attached hydrogen (secondary N) is 1. The van der Waals surface area contributed by atoms with Crippen molar-refractivity contribution >= 4 is 37.6 Å². The Balaban J connectivity index is 2.71. The van der Waals surface area contributed by atoms with Gasteiger partial charge in [0.2, 0.25) is 10.0 Å². The van der Waals surface area contributed by atoms with E-state index < -0.39 is 10.0 Å². The lowest BCUT2D eigenvalue weighted by atomic mass is 10.2. The number of alkyl halides is 1. The van der Waals surface area contributed by atoms with Crippen LogP contribution in [0.15, 0.2) is 29.2 Å². The summed E-state index contributed by atoms with van der Waals surface area (Å²) >= 11 is 9.03. The van der Waals surface area contributed by atoms with Crippen LogP contribution >= 0.6 is 27.5 Å². The average molecular weight is 341 g/mol. The Labute approximate surface area is 116 Å². The fourth-order valence-corrected chi connectivity index (χ4v) is 3.12. The van der Waals surface area contributed by atoms with Gasteiger partial charge in [0, 0.05) is 16.4 Å². The SMILES string of the molecule is CC(CCCBr)NS(=O)(=O)c1ccc(Cl)cc1. The van der Waals surface area contributed by atoms with Crippen LogP contribution in [0.3, 0.4) is 0 Å². The van der Waals surface area contributed by atoms with Gasteiger partial charge in [0.1, 0.15) is 0 Å². The Kier molecular flexibility index (Phi) is 5.92. The molecule has 0 aliphatic carbocycles. The number of rotatable bonds is 6. The van der Waals surface area contributed by atoms with Crippen LogP contribution in [0, 0.1) is 0 Å². The number of halogens is 2. The summed E-state index contributed by atoms with van der Waals surface area (Å²) in [7, 11) is -3.43. The molecule has 0 amide bonds. The van der Waals surface area contributed by atoms with Crippen molar-refractivity contribution in [3.05, 3.63) is 29.3 Å². The van der Waals surface area contributed by atoms with Crippen molar-refractivity contribution in [1.82, 2.24) is 4.72 Å². The molecule has 1 aromatic carbocycles. The summed E-state index contributed by atoms with van der Waals surface area (Å²) in [5.41, 5.74) is 0. The Morgan fingerprint density at radius 2 is 1.94 bits per heavy atom. The molecule has 0 aliphatic rings. The fourth-order valence-electron chi connectivity index (χ4n) is 1.39. The van der Waals surface area contributed by atoms with Crippen molar-refractivity contribution in [3.63, 3.8) is 0 Å². The van der Waals surface area contributed by atoms with Gasteiger partial charge in [0.05, 0.1) is 4.90 Å². The maximum absolute atomic E-state index is 12.0. The van der Waals surface area contributed by atoms with Gasteiger partial charge in [-0.15, -0.1) is 0 Å². The van der Waals surface area contributed by atoms with Crippen molar-refractivity contribution < 1.29 is 8.42 Å². The highest BCUT2D eigenvalue weighted by Gasteiger charge is 2.16. The van der Waals surface area contributed by atoms with Crippen LogP contribution in [0.4, 0.5) is 0 Å². The molecule has 3 nitrogen and oxygen atoms in total. The van der Waals surface area contributed by atoms with Gasteiger partial charge in [-0.1, -0.05) is 27.5 Å². The zero-order chi connectivity index (χ0) is 12.9. The van der Waals surface area contributed by atoms with Gasteiger partial charge < -0.3 is 0 Å². The van der Waals surface area contributed by atoms with Gasteiger partial charge >= 0.3 is 0 Å². The van der Waals surface area contributed by atoms with Crippen LogP contribution in [0.1, 0.15) is 19.8 Å². The molecule has 0 fully saturated rings. The first-order valence-corrected chi connectivity index (χ1v) is 8.28. The summed E-state index contributed by atoms with van der Waals surface area (Å²) in [6.45, 7) is 1.86. The van der Waals surface area contributed by atoms with Crippen LogP contribution in [-0.4, -0.2) is 19.8 Å².